The van der Waals surface area contributed by atoms with Crippen molar-refractivity contribution in [2.75, 3.05) is 12.3 Å². The van der Waals surface area contributed by atoms with Gasteiger partial charge in [-0.25, -0.2) is 4.39 Å². The van der Waals surface area contributed by atoms with Crippen molar-refractivity contribution in [2.24, 2.45) is 0 Å². The highest BCUT2D eigenvalue weighted by Crippen LogP contribution is 2.11. The van der Waals surface area contributed by atoms with Crippen molar-refractivity contribution in [3.05, 3.63) is 42.2 Å². The van der Waals surface area contributed by atoms with E-state index < -0.39 is 5.82 Å². The predicted molar refractivity (Wildman–Crippen MR) is 53.3 cm³/mol. The molecule has 0 aliphatic rings. The number of benzene rings is 1. The molecule has 0 aliphatic heterocycles. The van der Waals surface area contributed by atoms with E-state index in [2.05, 4.69) is 11.9 Å². The summed E-state index contributed by atoms with van der Waals surface area (Å²) in [5.74, 6) is -0.931. The predicted octanol–water partition coefficient (Wildman–Crippen LogP) is 1.32. The number of amides is 1. The summed E-state index contributed by atoms with van der Waals surface area (Å²) >= 11 is 0. The molecule has 0 spiro atoms. The Morgan fingerprint density at radius 1 is 1.64 bits per heavy atom. The summed E-state index contributed by atoms with van der Waals surface area (Å²) in [6.07, 6.45) is 1.55. The molecule has 0 aromatic heterocycles. The second-order valence-corrected chi connectivity index (χ2v) is 2.73. The van der Waals surface area contributed by atoms with Gasteiger partial charge in [-0.15, -0.1) is 6.58 Å². The highest BCUT2D eigenvalue weighted by atomic mass is 19.1. The lowest BCUT2D eigenvalue weighted by atomic mass is 10.2. The molecule has 0 atom stereocenters. The van der Waals surface area contributed by atoms with Gasteiger partial charge in [0.25, 0.3) is 5.91 Å². The molecule has 14 heavy (non-hydrogen) atoms. The number of hydrogen-bond acceptors (Lipinski definition) is 2. The maximum absolute atomic E-state index is 12.9. The van der Waals surface area contributed by atoms with Crippen LogP contribution in [-0.2, 0) is 0 Å². The Morgan fingerprint density at radius 3 is 2.93 bits per heavy atom. The van der Waals surface area contributed by atoms with Gasteiger partial charge >= 0.3 is 0 Å². The Balaban J connectivity index is 2.80. The summed E-state index contributed by atoms with van der Waals surface area (Å²) in [6, 6.07) is 3.93. The van der Waals surface area contributed by atoms with E-state index in [0.29, 0.717) is 6.54 Å². The largest absolute Gasteiger partial charge is 0.396 e. The Labute approximate surface area is 81.4 Å². The highest BCUT2D eigenvalue weighted by molar-refractivity contribution is 5.94. The first-order chi connectivity index (χ1) is 6.65. The van der Waals surface area contributed by atoms with Crippen LogP contribution in [0.2, 0.25) is 0 Å². The lowest BCUT2D eigenvalue weighted by Gasteiger charge is -2.03. The molecule has 1 amide bonds. The molecule has 4 heteroatoms. The minimum Gasteiger partial charge on any atom is -0.396 e. The molecule has 3 nitrogen and oxygen atoms in total. The van der Waals surface area contributed by atoms with E-state index in [1.807, 2.05) is 0 Å². The van der Waals surface area contributed by atoms with Gasteiger partial charge in [0.2, 0.25) is 0 Å². The van der Waals surface area contributed by atoms with Gasteiger partial charge in [0, 0.05) is 12.1 Å². The van der Waals surface area contributed by atoms with Crippen LogP contribution in [0.1, 0.15) is 10.4 Å². The fourth-order valence-corrected chi connectivity index (χ4v) is 0.935. The Bertz CT molecular complexity index is 363. The number of nitrogens with two attached hydrogens (primary N) is 1. The summed E-state index contributed by atoms with van der Waals surface area (Å²) < 4.78 is 12.9. The molecule has 0 unspecified atom stereocenters. The topological polar surface area (TPSA) is 55.1 Å². The van der Waals surface area contributed by atoms with Gasteiger partial charge in [-0.2, -0.15) is 0 Å². The van der Waals surface area contributed by atoms with Gasteiger partial charge in [0.1, 0.15) is 5.82 Å². The van der Waals surface area contributed by atoms with Crippen LogP contribution < -0.4 is 11.1 Å². The third-order valence-corrected chi connectivity index (χ3v) is 1.67. The van der Waals surface area contributed by atoms with Gasteiger partial charge in [0.15, 0.2) is 0 Å². The average Bonchev–Trinajstić information content (AvgIpc) is 2.18. The number of nitrogens with one attached hydrogen (secondary N) is 1. The lowest BCUT2D eigenvalue weighted by molar-refractivity contribution is 0.0957. The zero-order chi connectivity index (χ0) is 10.6. The first-order valence-corrected chi connectivity index (χ1v) is 4.09. The van der Waals surface area contributed by atoms with Crippen molar-refractivity contribution in [2.45, 2.75) is 0 Å². The molecule has 1 rings (SSSR count). The molecule has 0 fully saturated rings. The quantitative estimate of drug-likeness (QED) is 0.563. The monoisotopic (exact) mass is 194 g/mol. The molecular formula is C10H11FN2O. The van der Waals surface area contributed by atoms with E-state index in [-0.39, 0.29) is 17.2 Å². The number of carbonyl (C=O) groups is 1. The SMILES string of the molecule is C=CCNC(=O)c1ccc(N)c(F)c1. The van der Waals surface area contributed by atoms with Crippen LogP contribution in [0.5, 0.6) is 0 Å². The second-order valence-electron chi connectivity index (χ2n) is 2.73. The number of hydrogen-bond donors (Lipinski definition) is 2. The van der Waals surface area contributed by atoms with Gasteiger partial charge in [0.05, 0.1) is 5.69 Å². The highest BCUT2D eigenvalue weighted by Gasteiger charge is 2.06. The molecule has 1 aromatic carbocycles. The molecule has 0 saturated heterocycles. The lowest BCUT2D eigenvalue weighted by Crippen LogP contribution is -2.23. The van der Waals surface area contributed by atoms with Crippen LogP contribution in [0, 0.1) is 5.82 Å². The zero-order valence-corrected chi connectivity index (χ0v) is 7.59. The molecule has 0 bridgehead atoms. The fourth-order valence-electron chi connectivity index (χ4n) is 0.935. The van der Waals surface area contributed by atoms with Gasteiger partial charge in [-0.3, -0.25) is 4.79 Å². The minimum absolute atomic E-state index is 0.0327. The van der Waals surface area contributed by atoms with Crippen LogP contribution in [0.4, 0.5) is 10.1 Å². The van der Waals surface area contributed by atoms with Crippen molar-refractivity contribution in [3.63, 3.8) is 0 Å². The molecule has 0 saturated carbocycles. The van der Waals surface area contributed by atoms with Crippen molar-refractivity contribution < 1.29 is 9.18 Å². The third-order valence-electron chi connectivity index (χ3n) is 1.67. The second kappa shape index (κ2) is 4.41. The zero-order valence-electron chi connectivity index (χ0n) is 7.59. The van der Waals surface area contributed by atoms with Crippen molar-refractivity contribution in [3.8, 4) is 0 Å². The summed E-state index contributed by atoms with van der Waals surface area (Å²) in [5.41, 5.74) is 5.55. The Hall–Kier alpha value is -1.84. The van der Waals surface area contributed by atoms with Gasteiger partial charge < -0.3 is 11.1 Å². The van der Waals surface area contributed by atoms with E-state index >= 15 is 0 Å². The van der Waals surface area contributed by atoms with Crippen LogP contribution >= 0.6 is 0 Å². The van der Waals surface area contributed by atoms with Crippen LogP contribution in [0.15, 0.2) is 30.9 Å². The number of nitrogen functional groups attached to an aromatic ring is 1. The van der Waals surface area contributed by atoms with E-state index in [0.717, 1.165) is 6.07 Å². The fraction of sp³-hybridized carbons (Fsp3) is 0.100. The third kappa shape index (κ3) is 2.32. The maximum atomic E-state index is 12.9. The number of halogens is 1. The smallest absolute Gasteiger partial charge is 0.251 e. The van der Waals surface area contributed by atoms with Gasteiger partial charge in [-0.1, -0.05) is 6.08 Å². The maximum Gasteiger partial charge on any atom is 0.251 e. The van der Waals surface area contributed by atoms with E-state index in [4.69, 9.17) is 5.73 Å². The van der Waals surface area contributed by atoms with Crippen molar-refractivity contribution in [1.82, 2.24) is 5.32 Å². The molecule has 0 radical (unpaired) electrons. The standard InChI is InChI=1S/C10H11FN2O/c1-2-5-13-10(14)7-3-4-9(12)8(11)6-7/h2-4,6H,1,5,12H2,(H,13,14). The normalized spacial score (nSPS) is 9.50. The van der Waals surface area contributed by atoms with E-state index in [1.165, 1.54) is 12.1 Å². The minimum atomic E-state index is -0.587. The summed E-state index contributed by atoms with van der Waals surface area (Å²) in [4.78, 5) is 11.3. The van der Waals surface area contributed by atoms with Crippen LogP contribution in [-0.4, -0.2) is 12.5 Å². The average molecular weight is 194 g/mol. The summed E-state index contributed by atoms with van der Waals surface area (Å²) in [6.45, 7) is 3.80. The molecule has 3 N–H and O–H groups in total. The molecule has 74 valence electrons. The summed E-state index contributed by atoms with van der Waals surface area (Å²) in [5, 5.41) is 2.53. The molecule has 0 heterocycles. The van der Waals surface area contributed by atoms with Gasteiger partial charge in [-0.05, 0) is 18.2 Å². The number of anilines is 1. The van der Waals surface area contributed by atoms with Crippen LogP contribution in [0.25, 0.3) is 0 Å². The number of rotatable bonds is 3. The first kappa shape index (κ1) is 10.2. The van der Waals surface area contributed by atoms with Crippen molar-refractivity contribution in [1.29, 1.82) is 0 Å². The number of carbonyl (C=O) groups excluding carboxylic acids is 1. The van der Waals surface area contributed by atoms with Crippen LogP contribution in [0.3, 0.4) is 0 Å². The Morgan fingerprint density at radius 2 is 2.36 bits per heavy atom. The van der Waals surface area contributed by atoms with E-state index in [1.54, 1.807) is 6.08 Å². The Kier molecular flexibility index (Phi) is 3.23. The molecule has 0 aliphatic carbocycles. The van der Waals surface area contributed by atoms with Crippen molar-refractivity contribution >= 4 is 11.6 Å². The van der Waals surface area contributed by atoms with E-state index in [9.17, 15) is 9.18 Å². The first-order valence-electron chi connectivity index (χ1n) is 4.09. The molecular weight excluding hydrogens is 183 g/mol. The molecule has 1 aromatic rings. The summed E-state index contributed by atoms with van der Waals surface area (Å²) in [7, 11) is 0.